The third-order valence-corrected chi connectivity index (χ3v) is 8.36. The molecule has 5 rings (SSSR count). The summed E-state index contributed by atoms with van der Waals surface area (Å²) in [5.74, 6) is -1.89. The fraction of sp³-hybridized carbons (Fsp3) is 0.333. The van der Waals surface area contributed by atoms with Crippen molar-refractivity contribution < 1.29 is 22.7 Å². The number of ketones is 1. The zero-order valence-electron chi connectivity index (χ0n) is 17.9. The highest BCUT2D eigenvalue weighted by atomic mass is 32.2. The highest BCUT2D eigenvalue weighted by molar-refractivity contribution is 7.90. The normalized spacial score (nSPS) is 21.2. The number of piperidine rings is 1. The van der Waals surface area contributed by atoms with E-state index < -0.39 is 28.0 Å². The molecule has 0 unspecified atom stereocenters. The molecule has 0 radical (unpaired) electrons. The first-order valence-electron chi connectivity index (χ1n) is 10.6. The molecule has 0 bridgehead atoms. The molecule has 2 atom stereocenters. The molecule has 166 valence electrons. The van der Waals surface area contributed by atoms with Crippen LogP contribution in [0.3, 0.4) is 0 Å². The fourth-order valence-corrected chi connectivity index (χ4v) is 6.68. The summed E-state index contributed by atoms with van der Waals surface area (Å²) in [6, 6.07) is 13.4. The zero-order valence-corrected chi connectivity index (χ0v) is 18.8. The molecule has 1 aromatic heterocycles. The number of carbonyl (C=O) groups is 2. The Bertz CT molecular complexity index is 1330. The van der Waals surface area contributed by atoms with Crippen LogP contribution in [0.15, 0.2) is 53.4 Å². The Hall–Kier alpha value is -2.97. The number of methoxy groups -OCH3 is 1. The lowest BCUT2D eigenvalue weighted by atomic mass is 9.81. The summed E-state index contributed by atoms with van der Waals surface area (Å²) in [6.45, 7) is 3.04. The fourth-order valence-electron chi connectivity index (χ4n) is 5.09. The van der Waals surface area contributed by atoms with E-state index in [9.17, 15) is 18.0 Å². The molecule has 2 aromatic carbocycles. The maximum absolute atomic E-state index is 13.9. The Morgan fingerprint density at radius 1 is 1.03 bits per heavy atom. The van der Waals surface area contributed by atoms with E-state index in [-0.39, 0.29) is 17.1 Å². The van der Waals surface area contributed by atoms with Crippen molar-refractivity contribution in [3.8, 4) is 0 Å². The van der Waals surface area contributed by atoms with Crippen LogP contribution in [0.4, 0.5) is 0 Å². The predicted molar refractivity (Wildman–Crippen MR) is 119 cm³/mol. The molecule has 3 aromatic rings. The molecule has 3 heterocycles. The van der Waals surface area contributed by atoms with Gasteiger partial charge in [-0.05, 0) is 37.1 Å². The van der Waals surface area contributed by atoms with Crippen molar-refractivity contribution in [3.63, 3.8) is 0 Å². The molecule has 7 nitrogen and oxygen atoms in total. The van der Waals surface area contributed by atoms with E-state index in [4.69, 9.17) is 4.74 Å². The molecule has 0 spiro atoms. The van der Waals surface area contributed by atoms with Crippen LogP contribution in [0.5, 0.6) is 0 Å². The van der Waals surface area contributed by atoms with Crippen molar-refractivity contribution in [2.24, 2.45) is 5.92 Å². The number of Topliss-reactive ketones (excluding diaryl/α,β-unsaturated/α-hetero) is 1. The van der Waals surface area contributed by atoms with E-state index in [1.807, 2.05) is 24.0 Å². The lowest BCUT2D eigenvalue weighted by Crippen LogP contribution is -2.50. The molecule has 1 fully saturated rings. The van der Waals surface area contributed by atoms with Crippen LogP contribution in [0.2, 0.25) is 0 Å². The first kappa shape index (κ1) is 20.9. The average Bonchev–Trinajstić information content (AvgIpc) is 3.14. The summed E-state index contributed by atoms with van der Waals surface area (Å²) in [5, 5.41) is 0.833. The van der Waals surface area contributed by atoms with Gasteiger partial charge in [-0.15, -0.1) is 0 Å². The molecule has 32 heavy (non-hydrogen) atoms. The Morgan fingerprint density at radius 2 is 1.72 bits per heavy atom. The highest BCUT2D eigenvalue weighted by Crippen LogP contribution is 2.45. The summed E-state index contributed by atoms with van der Waals surface area (Å²) < 4.78 is 34.2. The molecule has 1 saturated heterocycles. The van der Waals surface area contributed by atoms with Gasteiger partial charge in [0.25, 0.3) is 10.0 Å². The van der Waals surface area contributed by atoms with E-state index in [0.29, 0.717) is 30.7 Å². The molecule has 8 heteroatoms. The number of aromatic nitrogens is 1. The minimum Gasteiger partial charge on any atom is -0.468 e. The number of aryl methyl sites for hydroxylation is 1. The van der Waals surface area contributed by atoms with E-state index >= 15 is 0 Å². The van der Waals surface area contributed by atoms with Crippen molar-refractivity contribution in [2.75, 3.05) is 20.2 Å². The largest absolute Gasteiger partial charge is 0.468 e. The summed E-state index contributed by atoms with van der Waals surface area (Å²) in [7, 11) is -2.72. The first-order chi connectivity index (χ1) is 15.3. The molecule has 0 saturated carbocycles. The molecule has 2 aliphatic heterocycles. The predicted octanol–water partition coefficient (Wildman–Crippen LogP) is 2.85. The number of hydrogen-bond donors (Lipinski definition) is 0. The van der Waals surface area contributed by atoms with Gasteiger partial charge in [-0.25, -0.2) is 12.4 Å². The number of fused-ring (bicyclic) bond motifs is 5. The molecular weight excluding hydrogens is 428 g/mol. The minimum absolute atomic E-state index is 0.167. The Morgan fingerprint density at radius 3 is 2.44 bits per heavy atom. The number of carbonyl (C=O) groups excluding carboxylic acids is 2. The lowest BCUT2D eigenvalue weighted by Gasteiger charge is -2.42. The van der Waals surface area contributed by atoms with Gasteiger partial charge in [-0.1, -0.05) is 35.9 Å². The van der Waals surface area contributed by atoms with Gasteiger partial charge in [0.05, 0.1) is 29.3 Å². The van der Waals surface area contributed by atoms with Crippen molar-refractivity contribution in [1.29, 1.82) is 0 Å². The molecule has 0 aliphatic carbocycles. The number of nitrogens with zero attached hydrogens (tertiary/aromatic N) is 2. The third-order valence-electron chi connectivity index (χ3n) is 6.62. The smallest absolute Gasteiger partial charge is 0.318 e. The topological polar surface area (TPSA) is 85.7 Å². The second-order valence-electron chi connectivity index (χ2n) is 8.41. The average molecular weight is 453 g/mol. The van der Waals surface area contributed by atoms with Crippen LogP contribution < -0.4 is 0 Å². The Balaban J connectivity index is 1.83. The van der Waals surface area contributed by atoms with E-state index in [2.05, 4.69) is 0 Å². The maximum atomic E-state index is 13.9. The quantitative estimate of drug-likeness (QED) is 0.449. The SMILES string of the molecule is COC(=O)[C@@H]1C(=O)CCN2CCc3c(n(S(=O)(=O)c4ccc(C)cc4)c4ccccc34)[C@H]12. The maximum Gasteiger partial charge on any atom is 0.318 e. The van der Waals surface area contributed by atoms with Crippen molar-refractivity contribution in [2.45, 2.75) is 30.7 Å². The van der Waals surface area contributed by atoms with Crippen molar-refractivity contribution in [3.05, 3.63) is 65.4 Å². The van der Waals surface area contributed by atoms with Crippen LogP contribution in [-0.2, 0) is 30.8 Å². The lowest BCUT2D eigenvalue weighted by molar-refractivity contribution is -0.155. The molecule has 2 aliphatic rings. The van der Waals surface area contributed by atoms with Gasteiger partial charge in [-0.2, -0.15) is 0 Å². The Labute approximate surface area is 186 Å². The number of para-hydroxylation sites is 1. The third kappa shape index (κ3) is 3.01. The zero-order chi connectivity index (χ0) is 22.6. The minimum atomic E-state index is -3.98. The standard InChI is InChI=1S/C24H24N2O5S/c1-15-7-9-16(10-8-15)32(29,30)26-19-6-4-3-5-17(19)18-11-13-25-14-12-20(27)21(24(28)31-2)23(25)22(18)26/h3-10,21,23H,11-14H2,1-2H3/t21-,23+/m1/s1. The number of hydrogen-bond acceptors (Lipinski definition) is 6. The van der Waals surface area contributed by atoms with Gasteiger partial charge >= 0.3 is 5.97 Å². The van der Waals surface area contributed by atoms with E-state index in [0.717, 1.165) is 16.5 Å². The highest BCUT2D eigenvalue weighted by Gasteiger charge is 2.48. The van der Waals surface area contributed by atoms with Gasteiger partial charge < -0.3 is 4.74 Å². The van der Waals surface area contributed by atoms with Gasteiger partial charge in [0.15, 0.2) is 0 Å². The van der Waals surface area contributed by atoms with Crippen molar-refractivity contribution in [1.82, 2.24) is 8.87 Å². The van der Waals surface area contributed by atoms with Gasteiger partial charge in [-0.3, -0.25) is 14.5 Å². The molecule has 0 N–H and O–H groups in total. The van der Waals surface area contributed by atoms with Crippen LogP contribution in [0.25, 0.3) is 10.9 Å². The summed E-state index contributed by atoms with van der Waals surface area (Å²) >= 11 is 0. The van der Waals surface area contributed by atoms with Crippen molar-refractivity contribution >= 4 is 32.7 Å². The second kappa shape index (κ2) is 7.56. The van der Waals surface area contributed by atoms with Gasteiger partial charge in [0, 0.05) is 24.9 Å². The van der Waals surface area contributed by atoms with Crippen LogP contribution in [-0.4, -0.2) is 49.2 Å². The van der Waals surface area contributed by atoms with E-state index in [1.165, 1.54) is 11.1 Å². The van der Waals surface area contributed by atoms with Crippen LogP contribution in [0.1, 0.15) is 29.3 Å². The van der Waals surface area contributed by atoms with Gasteiger partial charge in [0.1, 0.15) is 11.7 Å². The number of esters is 1. The van der Waals surface area contributed by atoms with Crippen LogP contribution in [0, 0.1) is 12.8 Å². The summed E-state index contributed by atoms with van der Waals surface area (Å²) in [6.07, 6.45) is 0.890. The van der Waals surface area contributed by atoms with Crippen LogP contribution >= 0.6 is 0 Å². The molecular formula is C24H24N2O5S. The van der Waals surface area contributed by atoms with Gasteiger partial charge in [0.2, 0.25) is 0 Å². The summed E-state index contributed by atoms with van der Waals surface area (Å²) in [4.78, 5) is 27.8. The Kier molecular flexibility index (Phi) is 4.94. The molecule has 0 amide bonds. The monoisotopic (exact) mass is 452 g/mol. The van der Waals surface area contributed by atoms with E-state index in [1.54, 1.807) is 36.4 Å². The summed E-state index contributed by atoms with van der Waals surface area (Å²) in [5.41, 5.74) is 2.89. The number of rotatable bonds is 3. The first-order valence-corrected chi connectivity index (χ1v) is 12.1. The number of benzene rings is 2. The number of ether oxygens (including phenoxy) is 1. The second-order valence-corrected chi connectivity index (χ2v) is 10.2.